The van der Waals surface area contributed by atoms with Crippen LogP contribution in [0.25, 0.3) is 0 Å². The van der Waals surface area contributed by atoms with Gasteiger partial charge in [-0.1, -0.05) is 12.1 Å². The molecule has 0 bridgehead atoms. The zero-order chi connectivity index (χ0) is 13.8. The standard InChI is InChI=1S/C14H19NO4/c1-18-13-3-2-9(10-4-5-19-8-10)6-11(13)12(15)7-14(16)17/h2-3,6,10,12H,4-5,7-8,15H2,1H3,(H,16,17). The van der Waals surface area contributed by atoms with Gasteiger partial charge in [0.15, 0.2) is 0 Å². The number of aliphatic carboxylic acids is 1. The van der Waals surface area contributed by atoms with E-state index in [0.717, 1.165) is 24.2 Å². The summed E-state index contributed by atoms with van der Waals surface area (Å²) in [5, 5.41) is 8.85. The minimum atomic E-state index is -0.913. The molecule has 2 atom stereocenters. The summed E-state index contributed by atoms with van der Waals surface area (Å²) in [5.41, 5.74) is 7.83. The molecule has 2 rings (SSSR count). The van der Waals surface area contributed by atoms with Crippen LogP contribution in [0.5, 0.6) is 5.75 Å². The Bertz CT molecular complexity index is 455. The summed E-state index contributed by atoms with van der Waals surface area (Å²) >= 11 is 0. The van der Waals surface area contributed by atoms with Gasteiger partial charge in [0.05, 0.1) is 20.1 Å². The van der Waals surface area contributed by atoms with E-state index in [9.17, 15) is 4.79 Å². The quantitative estimate of drug-likeness (QED) is 0.846. The first-order chi connectivity index (χ1) is 9.11. The van der Waals surface area contributed by atoms with Crippen molar-refractivity contribution in [3.8, 4) is 5.75 Å². The van der Waals surface area contributed by atoms with Crippen LogP contribution in [0.3, 0.4) is 0 Å². The highest BCUT2D eigenvalue weighted by molar-refractivity contribution is 5.68. The van der Waals surface area contributed by atoms with Gasteiger partial charge in [0.1, 0.15) is 5.75 Å². The van der Waals surface area contributed by atoms with Crippen LogP contribution in [0.2, 0.25) is 0 Å². The minimum Gasteiger partial charge on any atom is -0.496 e. The molecule has 0 aliphatic carbocycles. The lowest BCUT2D eigenvalue weighted by atomic mass is 9.93. The van der Waals surface area contributed by atoms with Gasteiger partial charge in [-0.05, 0) is 18.1 Å². The fourth-order valence-electron chi connectivity index (χ4n) is 2.39. The first-order valence-electron chi connectivity index (χ1n) is 6.34. The van der Waals surface area contributed by atoms with Crippen molar-refractivity contribution in [2.75, 3.05) is 20.3 Å². The molecular formula is C14H19NO4. The molecule has 1 heterocycles. The molecule has 2 unspecified atom stereocenters. The molecular weight excluding hydrogens is 246 g/mol. The van der Waals surface area contributed by atoms with Gasteiger partial charge in [0.2, 0.25) is 0 Å². The van der Waals surface area contributed by atoms with E-state index in [4.69, 9.17) is 20.3 Å². The number of ether oxygens (including phenoxy) is 2. The number of hydrogen-bond acceptors (Lipinski definition) is 4. The van der Waals surface area contributed by atoms with Gasteiger partial charge >= 0.3 is 5.97 Å². The fraction of sp³-hybridized carbons (Fsp3) is 0.500. The van der Waals surface area contributed by atoms with E-state index in [0.29, 0.717) is 18.3 Å². The molecule has 3 N–H and O–H groups in total. The lowest BCUT2D eigenvalue weighted by Gasteiger charge is -2.17. The molecule has 0 saturated carbocycles. The molecule has 1 aromatic carbocycles. The van der Waals surface area contributed by atoms with Crippen LogP contribution in [0.1, 0.15) is 35.9 Å². The van der Waals surface area contributed by atoms with Crippen molar-refractivity contribution in [1.82, 2.24) is 0 Å². The second-order valence-electron chi connectivity index (χ2n) is 4.77. The lowest BCUT2D eigenvalue weighted by molar-refractivity contribution is -0.137. The summed E-state index contributed by atoms with van der Waals surface area (Å²) in [4.78, 5) is 10.8. The largest absolute Gasteiger partial charge is 0.496 e. The Labute approximate surface area is 112 Å². The lowest BCUT2D eigenvalue weighted by Crippen LogP contribution is -2.16. The fourth-order valence-corrected chi connectivity index (χ4v) is 2.39. The van der Waals surface area contributed by atoms with E-state index >= 15 is 0 Å². The van der Waals surface area contributed by atoms with Gasteiger partial charge in [-0.15, -0.1) is 0 Å². The van der Waals surface area contributed by atoms with Gasteiger partial charge in [-0.3, -0.25) is 4.79 Å². The van der Waals surface area contributed by atoms with E-state index in [1.165, 1.54) is 0 Å². The number of hydrogen-bond donors (Lipinski definition) is 2. The maximum absolute atomic E-state index is 10.8. The molecule has 104 valence electrons. The van der Waals surface area contributed by atoms with Crippen LogP contribution in [-0.4, -0.2) is 31.4 Å². The summed E-state index contributed by atoms with van der Waals surface area (Å²) in [6.45, 7) is 1.48. The first-order valence-corrected chi connectivity index (χ1v) is 6.34. The van der Waals surface area contributed by atoms with Crippen molar-refractivity contribution in [1.29, 1.82) is 0 Å². The predicted molar refractivity (Wildman–Crippen MR) is 70.4 cm³/mol. The summed E-state index contributed by atoms with van der Waals surface area (Å²) in [6.07, 6.45) is 0.876. The SMILES string of the molecule is COc1ccc(C2CCOC2)cc1C(N)CC(=O)O. The van der Waals surface area contributed by atoms with Crippen molar-refractivity contribution < 1.29 is 19.4 Å². The Kier molecular flexibility index (Phi) is 4.39. The van der Waals surface area contributed by atoms with Crippen LogP contribution in [0.4, 0.5) is 0 Å². The molecule has 0 spiro atoms. The summed E-state index contributed by atoms with van der Waals surface area (Å²) in [6, 6.07) is 5.24. The molecule has 19 heavy (non-hydrogen) atoms. The van der Waals surface area contributed by atoms with Crippen molar-refractivity contribution in [3.63, 3.8) is 0 Å². The second-order valence-corrected chi connectivity index (χ2v) is 4.77. The minimum absolute atomic E-state index is 0.110. The van der Waals surface area contributed by atoms with Crippen LogP contribution < -0.4 is 10.5 Å². The molecule has 5 heteroatoms. The smallest absolute Gasteiger partial charge is 0.305 e. The van der Waals surface area contributed by atoms with Crippen LogP contribution in [0.15, 0.2) is 18.2 Å². The van der Waals surface area contributed by atoms with E-state index in [1.54, 1.807) is 7.11 Å². The van der Waals surface area contributed by atoms with Gasteiger partial charge in [0.25, 0.3) is 0 Å². The van der Waals surface area contributed by atoms with E-state index in [-0.39, 0.29) is 6.42 Å². The Hall–Kier alpha value is -1.59. The maximum Gasteiger partial charge on any atom is 0.305 e. The highest BCUT2D eigenvalue weighted by Crippen LogP contribution is 2.32. The topological polar surface area (TPSA) is 81.8 Å². The molecule has 1 aliphatic rings. The number of carbonyl (C=O) groups is 1. The van der Waals surface area contributed by atoms with E-state index in [2.05, 4.69) is 0 Å². The van der Waals surface area contributed by atoms with Crippen molar-refractivity contribution in [3.05, 3.63) is 29.3 Å². The molecule has 0 amide bonds. The Morgan fingerprint density at radius 1 is 1.63 bits per heavy atom. The second kappa shape index (κ2) is 6.04. The number of nitrogens with two attached hydrogens (primary N) is 1. The maximum atomic E-state index is 10.8. The normalized spacial score (nSPS) is 20.2. The van der Waals surface area contributed by atoms with Gasteiger partial charge in [-0.2, -0.15) is 0 Å². The third-order valence-electron chi connectivity index (χ3n) is 3.45. The monoisotopic (exact) mass is 265 g/mol. The van der Waals surface area contributed by atoms with Crippen molar-refractivity contribution in [2.24, 2.45) is 5.73 Å². The highest BCUT2D eigenvalue weighted by Gasteiger charge is 2.21. The van der Waals surface area contributed by atoms with Crippen LogP contribution in [0, 0.1) is 0 Å². The number of carboxylic acids is 1. The predicted octanol–water partition coefficient (Wildman–Crippen LogP) is 1.67. The Morgan fingerprint density at radius 3 is 3.00 bits per heavy atom. The molecule has 0 radical (unpaired) electrons. The highest BCUT2D eigenvalue weighted by atomic mass is 16.5. The molecule has 5 nitrogen and oxygen atoms in total. The van der Waals surface area contributed by atoms with Crippen molar-refractivity contribution in [2.45, 2.75) is 24.8 Å². The van der Waals surface area contributed by atoms with Crippen molar-refractivity contribution >= 4 is 5.97 Å². The average Bonchev–Trinajstić information content (AvgIpc) is 2.91. The zero-order valence-electron chi connectivity index (χ0n) is 11.0. The number of carboxylic acid groups (broad SMARTS) is 1. The number of methoxy groups -OCH3 is 1. The van der Waals surface area contributed by atoms with Gasteiger partial charge in [0, 0.05) is 24.1 Å². The summed E-state index contributed by atoms with van der Waals surface area (Å²) in [7, 11) is 1.56. The van der Waals surface area contributed by atoms with Gasteiger partial charge < -0.3 is 20.3 Å². The summed E-state index contributed by atoms with van der Waals surface area (Å²) in [5.74, 6) is 0.0854. The first kappa shape index (κ1) is 13.8. The molecule has 0 aromatic heterocycles. The van der Waals surface area contributed by atoms with E-state index < -0.39 is 12.0 Å². The number of benzene rings is 1. The molecule has 1 fully saturated rings. The molecule has 1 aliphatic heterocycles. The van der Waals surface area contributed by atoms with Gasteiger partial charge in [-0.25, -0.2) is 0 Å². The molecule has 1 saturated heterocycles. The van der Waals surface area contributed by atoms with Crippen LogP contribution in [-0.2, 0) is 9.53 Å². The number of rotatable bonds is 5. The summed E-state index contributed by atoms with van der Waals surface area (Å²) < 4.78 is 10.6. The van der Waals surface area contributed by atoms with E-state index in [1.807, 2.05) is 18.2 Å². The average molecular weight is 265 g/mol. The third-order valence-corrected chi connectivity index (χ3v) is 3.45. The van der Waals surface area contributed by atoms with Crippen LogP contribution >= 0.6 is 0 Å². The zero-order valence-corrected chi connectivity index (χ0v) is 11.0. The Morgan fingerprint density at radius 2 is 2.42 bits per heavy atom. The molecule has 1 aromatic rings. The Balaban J connectivity index is 2.27. The third kappa shape index (κ3) is 3.24.